The fraction of sp³-hybridized carbons (Fsp3) is 0.0833. The van der Waals surface area contributed by atoms with E-state index in [1.807, 2.05) is 89.7 Å². The first-order chi connectivity index (χ1) is 14.2. The van der Waals surface area contributed by atoms with Crippen molar-refractivity contribution in [3.8, 4) is 22.7 Å². The maximum atomic E-state index is 12.8. The third-order valence-corrected chi connectivity index (χ3v) is 5.39. The van der Waals surface area contributed by atoms with Gasteiger partial charge < -0.3 is 4.74 Å². The predicted molar refractivity (Wildman–Crippen MR) is 117 cm³/mol. The molecule has 29 heavy (non-hydrogen) atoms. The molecular formula is C24H20N2O2S. The number of nitrogens with zero attached hydrogens (tertiary/aromatic N) is 2. The molecule has 5 heteroatoms. The molecule has 144 valence electrons. The lowest BCUT2D eigenvalue weighted by molar-refractivity contribution is 0.0998. The fourth-order valence-electron chi connectivity index (χ4n) is 3.18. The van der Waals surface area contributed by atoms with Crippen molar-refractivity contribution in [3.05, 3.63) is 100 Å². The summed E-state index contributed by atoms with van der Waals surface area (Å²) in [6.45, 7) is 1.96. The van der Waals surface area contributed by atoms with E-state index in [0.717, 1.165) is 22.5 Å². The largest absolute Gasteiger partial charge is 0.495 e. The highest BCUT2D eigenvalue weighted by molar-refractivity contribution is 7.07. The van der Waals surface area contributed by atoms with Crippen LogP contribution in [-0.2, 0) is 0 Å². The van der Waals surface area contributed by atoms with Gasteiger partial charge in [0.1, 0.15) is 5.75 Å². The molecular weight excluding hydrogens is 380 g/mol. The second-order valence-corrected chi connectivity index (χ2v) is 7.40. The summed E-state index contributed by atoms with van der Waals surface area (Å²) in [7, 11) is 1.64. The van der Waals surface area contributed by atoms with Crippen molar-refractivity contribution < 1.29 is 9.53 Å². The molecule has 0 saturated carbocycles. The summed E-state index contributed by atoms with van der Waals surface area (Å²) < 4.78 is 7.56. The van der Waals surface area contributed by atoms with E-state index in [0.29, 0.717) is 16.1 Å². The number of para-hydroxylation sites is 2. The number of hydrogen-bond donors (Lipinski definition) is 0. The molecule has 0 aliphatic heterocycles. The number of methoxy groups -OCH3 is 1. The standard InChI is InChI=1S/C24H20N2O2S/c1-17-9-8-12-19(15-17)23(27)25-24-26(20-13-6-7-14-22(20)28-2)21(16-29-24)18-10-4-3-5-11-18/h3-16H,1-2H3. The number of aryl methyl sites for hydroxylation is 1. The lowest BCUT2D eigenvalue weighted by Crippen LogP contribution is -2.17. The summed E-state index contributed by atoms with van der Waals surface area (Å²) in [6, 6.07) is 25.3. The molecule has 0 radical (unpaired) electrons. The smallest absolute Gasteiger partial charge is 0.279 e. The maximum Gasteiger partial charge on any atom is 0.279 e. The molecule has 4 rings (SSSR count). The first-order valence-electron chi connectivity index (χ1n) is 9.22. The topological polar surface area (TPSA) is 43.6 Å². The molecule has 3 aromatic carbocycles. The SMILES string of the molecule is COc1ccccc1-n1c(-c2ccccc2)csc1=NC(=O)c1cccc(C)c1. The Kier molecular flexibility index (Phi) is 5.40. The summed E-state index contributed by atoms with van der Waals surface area (Å²) in [4.78, 5) is 17.9. The normalized spacial score (nSPS) is 11.4. The lowest BCUT2D eigenvalue weighted by atomic mass is 10.1. The van der Waals surface area contributed by atoms with E-state index >= 15 is 0 Å². The molecule has 0 aliphatic rings. The van der Waals surface area contributed by atoms with Gasteiger partial charge in [-0.05, 0) is 36.8 Å². The van der Waals surface area contributed by atoms with Gasteiger partial charge in [-0.15, -0.1) is 11.3 Å². The maximum absolute atomic E-state index is 12.8. The van der Waals surface area contributed by atoms with Crippen LogP contribution in [0, 0.1) is 6.92 Å². The van der Waals surface area contributed by atoms with Gasteiger partial charge in [-0.25, -0.2) is 0 Å². The first kappa shape index (κ1) is 18.9. The zero-order chi connectivity index (χ0) is 20.2. The highest BCUT2D eigenvalue weighted by atomic mass is 32.1. The molecule has 0 N–H and O–H groups in total. The molecule has 0 saturated heterocycles. The molecule has 0 atom stereocenters. The Hall–Kier alpha value is -3.44. The number of benzene rings is 3. The number of carbonyl (C=O) groups is 1. The van der Waals surface area contributed by atoms with E-state index in [2.05, 4.69) is 4.99 Å². The Bertz CT molecular complexity index is 1220. The van der Waals surface area contributed by atoms with Crippen LogP contribution in [0.1, 0.15) is 15.9 Å². The summed E-state index contributed by atoms with van der Waals surface area (Å²) in [5, 5.41) is 2.02. The number of thiazole rings is 1. The summed E-state index contributed by atoms with van der Waals surface area (Å²) in [6.07, 6.45) is 0. The van der Waals surface area contributed by atoms with Gasteiger partial charge in [0.25, 0.3) is 5.91 Å². The van der Waals surface area contributed by atoms with Crippen LogP contribution in [0.25, 0.3) is 16.9 Å². The Morgan fingerprint density at radius 3 is 2.48 bits per heavy atom. The van der Waals surface area contributed by atoms with Gasteiger partial charge in [0, 0.05) is 10.9 Å². The van der Waals surface area contributed by atoms with Crippen LogP contribution in [0.5, 0.6) is 5.75 Å². The highest BCUT2D eigenvalue weighted by Gasteiger charge is 2.15. The number of hydrogen-bond acceptors (Lipinski definition) is 3. The highest BCUT2D eigenvalue weighted by Crippen LogP contribution is 2.28. The minimum atomic E-state index is -0.265. The van der Waals surface area contributed by atoms with Crippen LogP contribution in [0.15, 0.2) is 89.2 Å². The van der Waals surface area contributed by atoms with Crippen molar-refractivity contribution >= 4 is 17.2 Å². The van der Waals surface area contributed by atoms with E-state index in [1.54, 1.807) is 13.2 Å². The second kappa shape index (κ2) is 8.29. The van der Waals surface area contributed by atoms with Crippen molar-refractivity contribution in [2.75, 3.05) is 7.11 Å². The molecule has 1 amide bonds. The molecule has 4 nitrogen and oxygen atoms in total. The molecule has 4 aromatic rings. The van der Waals surface area contributed by atoms with E-state index in [4.69, 9.17) is 4.74 Å². The minimum Gasteiger partial charge on any atom is -0.495 e. The molecule has 1 heterocycles. The van der Waals surface area contributed by atoms with Crippen molar-refractivity contribution in [2.45, 2.75) is 6.92 Å². The van der Waals surface area contributed by atoms with Gasteiger partial charge in [-0.3, -0.25) is 9.36 Å². The van der Waals surface area contributed by atoms with E-state index < -0.39 is 0 Å². The van der Waals surface area contributed by atoms with Crippen molar-refractivity contribution in [3.63, 3.8) is 0 Å². The average Bonchev–Trinajstić information content (AvgIpc) is 3.17. The summed E-state index contributed by atoms with van der Waals surface area (Å²) in [5.74, 6) is 0.450. The number of amides is 1. The van der Waals surface area contributed by atoms with E-state index in [-0.39, 0.29) is 5.91 Å². The molecule has 0 fully saturated rings. The molecule has 0 spiro atoms. The van der Waals surface area contributed by atoms with E-state index in [1.165, 1.54) is 11.3 Å². The Balaban J connectivity index is 1.93. The van der Waals surface area contributed by atoms with Gasteiger partial charge >= 0.3 is 0 Å². The van der Waals surface area contributed by atoms with E-state index in [9.17, 15) is 4.79 Å². The Labute approximate surface area is 173 Å². The Morgan fingerprint density at radius 1 is 0.966 bits per heavy atom. The van der Waals surface area contributed by atoms with Crippen molar-refractivity contribution in [1.29, 1.82) is 0 Å². The van der Waals surface area contributed by atoms with Crippen molar-refractivity contribution in [2.24, 2.45) is 4.99 Å². The van der Waals surface area contributed by atoms with Crippen LogP contribution < -0.4 is 9.54 Å². The van der Waals surface area contributed by atoms with Gasteiger partial charge in [0.2, 0.25) is 0 Å². The lowest BCUT2D eigenvalue weighted by Gasteiger charge is -2.13. The van der Waals surface area contributed by atoms with Gasteiger partial charge in [-0.2, -0.15) is 4.99 Å². The fourth-order valence-corrected chi connectivity index (χ4v) is 4.07. The minimum absolute atomic E-state index is 0.265. The number of aromatic nitrogens is 1. The first-order valence-corrected chi connectivity index (χ1v) is 10.1. The number of ether oxygens (including phenoxy) is 1. The summed E-state index contributed by atoms with van der Waals surface area (Å²) in [5.41, 5.74) is 4.44. The van der Waals surface area contributed by atoms with Gasteiger partial charge in [0.15, 0.2) is 4.80 Å². The average molecular weight is 401 g/mol. The van der Waals surface area contributed by atoms with Crippen LogP contribution in [-0.4, -0.2) is 17.6 Å². The van der Waals surface area contributed by atoms with Gasteiger partial charge in [-0.1, -0.05) is 60.2 Å². The van der Waals surface area contributed by atoms with Crippen LogP contribution >= 0.6 is 11.3 Å². The zero-order valence-electron chi connectivity index (χ0n) is 16.2. The molecule has 0 bridgehead atoms. The third-order valence-electron chi connectivity index (χ3n) is 4.57. The van der Waals surface area contributed by atoms with Crippen LogP contribution in [0.4, 0.5) is 0 Å². The van der Waals surface area contributed by atoms with Crippen molar-refractivity contribution in [1.82, 2.24) is 4.57 Å². The summed E-state index contributed by atoms with van der Waals surface area (Å²) >= 11 is 1.43. The quantitative estimate of drug-likeness (QED) is 0.469. The number of rotatable bonds is 4. The second-order valence-electron chi connectivity index (χ2n) is 6.56. The zero-order valence-corrected chi connectivity index (χ0v) is 17.0. The Morgan fingerprint density at radius 2 is 1.72 bits per heavy atom. The molecule has 0 aliphatic carbocycles. The monoisotopic (exact) mass is 400 g/mol. The molecule has 1 aromatic heterocycles. The van der Waals surface area contributed by atoms with Crippen LogP contribution in [0.3, 0.4) is 0 Å². The van der Waals surface area contributed by atoms with Crippen LogP contribution in [0.2, 0.25) is 0 Å². The number of carbonyl (C=O) groups excluding carboxylic acids is 1. The van der Waals surface area contributed by atoms with Gasteiger partial charge in [0.05, 0.1) is 18.5 Å². The third kappa shape index (κ3) is 3.91. The molecule has 0 unspecified atom stereocenters. The predicted octanol–water partition coefficient (Wildman–Crippen LogP) is 5.26.